The number of aromatic nitrogens is 2. The quantitative estimate of drug-likeness (QED) is 0.286. The maximum absolute atomic E-state index is 12.9. The van der Waals surface area contributed by atoms with Crippen molar-refractivity contribution in [1.29, 1.82) is 0 Å². The van der Waals surface area contributed by atoms with Gasteiger partial charge in [-0.1, -0.05) is 54.2 Å². The summed E-state index contributed by atoms with van der Waals surface area (Å²) in [7, 11) is 0. The monoisotopic (exact) mass is 459 g/mol. The number of hydrogen-bond donors (Lipinski definition) is 1. The number of amides is 1. The van der Waals surface area contributed by atoms with Gasteiger partial charge in [-0.15, -0.1) is 0 Å². The zero-order valence-corrected chi connectivity index (χ0v) is 19.3. The van der Waals surface area contributed by atoms with Gasteiger partial charge in [0.25, 0.3) is 5.56 Å². The first-order valence-corrected chi connectivity index (χ1v) is 11.7. The van der Waals surface area contributed by atoms with Gasteiger partial charge in [0.1, 0.15) is 12.4 Å². The Morgan fingerprint density at radius 1 is 1.00 bits per heavy atom. The normalized spacial score (nSPS) is 11.0. The fourth-order valence-electron chi connectivity index (χ4n) is 3.39. The molecule has 0 bridgehead atoms. The van der Waals surface area contributed by atoms with Crippen molar-refractivity contribution in [3.05, 3.63) is 94.8 Å². The van der Waals surface area contributed by atoms with Gasteiger partial charge in [-0.2, -0.15) is 0 Å². The Balaban J connectivity index is 1.38. The second-order valence-electron chi connectivity index (χ2n) is 7.82. The first-order valence-electron chi connectivity index (χ1n) is 10.7. The molecule has 0 saturated heterocycles. The smallest absolute Gasteiger partial charge is 0.262 e. The Kier molecular flexibility index (Phi) is 7.10. The lowest BCUT2D eigenvalue weighted by molar-refractivity contribution is -0.113. The molecule has 0 unspecified atom stereocenters. The van der Waals surface area contributed by atoms with Crippen molar-refractivity contribution in [3.8, 4) is 5.75 Å². The number of hydrogen-bond acceptors (Lipinski definition) is 5. The molecular formula is C26H25N3O3S. The number of nitrogens with zero attached hydrogens (tertiary/aromatic N) is 2. The minimum absolute atomic E-state index is 0.0661. The first kappa shape index (κ1) is 22.6. The van der Waals surface area contributed by atoms with E-state index in [1.807, 2.05) is 74.5 Å². The van der Waals surface area contributed by atoms with Crippen LogP contribution in [-0.4, -0.2) is 21.2 Å². The van der Waals surface area contributed by atoms with E-state index in [0.29, 0.717) is 28.4 Å². The summed E-state index contributed by atoms with van der Waals surface area (Å²) in [5.74, 6) is 0.701. The van der Waals surface area contributed by atoms with Gasteiger partial charge in [0.15, 0.2) is 5.16 Å². The summed E-state index contributed by atoms with van der Waals surface area (Å²) in [5.41, 5.74) is 2.31. The van der Waals surface area contributed by atoms with Gasteiger partial charge in [-0.05, 0) is 55.8 Å². The molecule has 0 aliphatic rings. The predicted molar refractivity (Wildman–Crippen MR) is 133 cm³/mol. The lowest BCUT2D eigenvalue weighted by atomic mass is 10.2. The highest BCUT2D eigenvalue weighted by Crippen LogP contribution is 2.22. The number of para-hydroxylation sites is 1. The average molecular weight is 460 g/mol. The Hall–Kier alpha value is -3.58. The fourth-order valence-corrected chi connectivity index (χ4v) is 4.31. The summed E-state index contributed by atoms with van der Waals surface area (Å²) >= 11 is 1.26. The second-order valence-corrected chi connectivity index (χ2v) is 8.76. The first-order chi connectivity index (χ1) is 16.0. The second kappa shape index (κ2) is 10.4. The van der Waals surface area contributed by atoms with E-state index in [1.54, 1.807) is 22.8 Å². The van der Waals surface area contributed by atoms with Crippen LogP contribution in [0.1, 0.15) is 25.5 Å². The Morgan fingerprint density at radius 3 is 2.42 bits per heavy atom. The predicted octanol–water partition coefficient (Wildman–Crippen LogP) is 5.29. The molecule has 1 N–H and O–H groups in total. The molecule has 0 atom stereocenters. The molecule has 0 spiro atoms. The van der Waals surface area contributed by atoms with Gasteiger partial charge in [-0.25, -0.2) is 4.98 Å². The van der Waals surface area contributed by atoms with Crippen molar-refractivity contribution >= 4 is 34.3 Å². The number of ether oxygens (including phenoxy) is 1. The van der Waals surface area contributed by atoms with Crippen molar-refractivity contribution in [1.82, 2.24) is 9.55 Å². The molecule has 1 amide bonds. The van der Waals surface area contributed by atoms with Gasteiger partial charge in [-0.3, -0.25) is 14.2 Å². The number of anilines is 1. The third-order valence-corrected chi connectivity index (χ3v) is 5.96. The average Bonchev–Trinajstić information content (AvgIpc) is 2.83. The topological polar surface area (TPSA) is 73.2 Å². The molecule has 4 rings (SSSR count). The number of nitrogens with one attached hydrogen (secondary N) is 1. The van der Waals surface area contributed by atoms with Crippen molar-refractivity contribution in [3.63, 3.8) is 0 Å². The van der Waals surface area contributed by atoms with E-state index < -0.39 is 0 Å². The van der Waals surface area contributed by atoms with E-state index in [-0.39, 0.29) is 23.3 Å². The van der Waals surface area contributed by atoms with Crippen LogP contribution < -0.4 is 15.6 Å². The summed E-state index contributed by atoms with van der Waals surface area (Å²) in [4.78, 5) is 30.1. The zero-order chi connectivity index (χ0) is 23.2. The maximum Gasteiger partial charge on any atom is 0.262 e. The highest BCUT2D eigenvalue weighted by molar-refractivity contribution is 7.99. The standard InChI is InChI=1S/C26H25N3O3S/c1-18(2)29-25(31)22-10-6-7-11-23(22)28-26(29)33-17-24(30)27-20-12-14-21(15-13-20)32-16-19-8-4-3-5-9-19/h3-15,18H,16-17H2,1-2H3,(H,27,30). The Labute approximate surface area is 196 Å². The summed E-state index contributed by atoms with van der Waals surface area (Å²) < 4.78 is 7.42. The van der Waals surface area contributed by atoms with Crippen LogP contribution in [0, 0.1) is 0 Å². The number of fused-ring (bicyclic) bond motifs is 1. The molecule has 0 aliphatic heterocycles. The van der Waals surface area contributed by atoms with Crippen molar-refractivity contribution in [2.24, 2.45) is 0 Å². The number of rotatable bonds is 8. The van der Waals surface area contributed by atoms with E-state index in [4.69, 9.17) is 4.74 Å². The molecule has 0 saturated carbocycles. The molecule has 168 valence electrons. The molecule has 3 aromatic carbocycles. The summed E-state index contributed by atoms with van der Waals surface area (Å²) in [6.07, 6.45) is 0. The Morgan fingerprint density at radius 2 is 1.70 bits per heavy atom. The van der Waals surface area contributed by atoms with E-state index in [2.05, 4.69) is 10.3 Å². The fraction of sp³-hybridized carbons (Fsp3) is 0.192. The van der Waals surface area contributed by atoms with Gasteiger partial charge < -0.3 is 10.1 Å². The molecule has 6 nitrogen and oxygen atoms in total. The Bertz CT molecular complexity index is 1300. The molecule has 0 fully saturated rings. The zero-order valence-electron chi connectivity index (χ0n) is 18.5. The van der Waals surface area contributed by atoms with Crippen LogP contribution in [0.2, 0.25) is 0 Å². The number of carbonyl (C=O) groups is 1. The maximum atomic E-state index is 12.9. The summed E-state index contributed by atoms with van der Waals surface area (Å²) in [6, 6.07) is 24.4. The molecule has 1 heterocycles. The van der Waals surface area contributed by atoms with Gasteiger partial charge in [0.2, 0.25) is 5.91 Å². The highest BCUT2D eigenvalue weighted by atomic mass is 32.2. The van der Waals surface area contributed by atoms with Crippen molar-refractivity contribution in [2.45, 2.75) is 31.7 Å². The number of carbonyl (C=O) groups excluding carboxylic acids is 1. The van der Waals surface area contributed by atoms with Crippen LogP contribution in [0.25, 0.3) is 10.9 Å². The molecular weight excluding hydrogens is 434 g/mol. The van der Waals surface area contributed by atoms with Gasteiger partial charge >= 0.3 is 0 Å². The van der Waals surface area contributed by atoms with Gasteiger partial charge in [0, 0.05) is 11.7 Å². The SMILES string of the molecule is CC(C)n1c(SCC(=O)Nc2ccc(OCc3ccccc3)cc2)nc2ccccc2c1=O. The molecule has 1 aromatic heterocycles. The van der Waals surface area contributed by atoms with Crippen LogP contribution in [0.15, 0.2) is 88.8 Å². The lowest BCUT2D eigenvalue weighted by Crippen LogP contribution is -2.25. The van der Waals surface area contributed by atoms with Crippen LogP contribution in [0.5, 0.6) is 5.75 Å². The van der Waals surface area contributed by atoms with Crippen molar-refractivity contribution < 1.29 is 9.53 Å². The largest absolute Gasteiger partial charge is 0.489 e. The van der Waals surface area contributed by atoms with Gasteiger partial charge in [0.05, 0.1) is 16.7 Å². The van der Waals surface area contributed by atoms with E-state index in [9.17, 15) is 9.59 Å². The lowest BCUT2D eigenvalue weighted by Gasteiger charge is -2.16. The van der Waals surface area contributed by atoms with E-state index in [0.717, 1.165) is 11.3 Å². The van der Waals surface area contributed by atoms with Crippen molar-refractivity contribution in [2.75, 3.05) is 11.1 Å². The third-order valence-electron chi connectivity index (χ3n) is 5.01. The molecule has 0 aliphatic carbocycles. The number of benzene rings is 3. The van der Waals surface area contributed by atoms with E-state index in [1.165, 1.54) is 11.8 Å². The van der Waals surface area contributed by atoms with Crippen LogP contribution >= 0.6 is 11.8 Å². The summed E-state index contributed by atoms with van der Waals surface area (Å²) in [5, 5.41) is 4.00. The van der Waals surface area contributed by atoms with Crippen LogP contribution in [-0.2, 0) is 11.4 Å². The van der Waals surface area contributed by atoms with E-state index >= 15 is 0 Å². The molecule has 33 heavy (non-hydrogen) atoms. The highest BCUT2D eigenvalue weighted by Gasteiger charge is 2.15. The molecule has 7 heteroatoms. The molecule has 4 aromatic rings. The van der Waals surface area contributed by atoms with Crippen LogP contribution in [0.4, 0.5) is 5.69 Å². The number of thioether (sulfide) groups is 1. The minimum atomic E-state index is -0.171. The summed E-state index contributed by atoms with van der Waals surface area (Å²) in [6.45, 7) is 4.35. The molecule has 0 radical (unpaired) electrons. The third kappa shape index (κ3) is 5.62. The van der Waals surface area contributed by atoms with Crippen LogP contribution in [0.3, 0.4) is 0 Å². The minimum Gasteiger partial charge on any atom is -0.489 e.